The SMILES string of the molecule is C=COCCC1(C)CS(=O)(=O)CCS1(=O)=O. The van der Waals surface area contributed by atoms with Crippen molar-refractivity contribution in [2.75, 3.05) is 23.9 Å². The number of rotatable bonds is 4. The molecule has 1 saturated heterocycles. The minimum Gasteiger partial charge on any atom is -0.502 e. The first kappa shape index (κ1) is 13.5. The second-order valence-corrected chi connectivity index (χ2v) is 8.96. The van der Waals surface area contributed by atoms with Gasteiger partial charge in [-0.15, -0.1) is 0 Å². The van der Waals surface area contributed by atoms with E-state index in [0.717, 1.165) is 0 Å². The molecule has 0 amide bonds. The zero-order valence-electron chi connectivity index (χ0n) is 9.18. The molecule has 0 spiro atoms. The van der Waals surface area contributed by atoms with Crippen molar-refractivity contribution >= 4 is 19.7 Å². The smallest absolute Gasteiger partial charge is 0.157 e. The van der Waals surface area contributed by atoms with Crippen molar-refractivity contribution in [3.63, 3.8) is 0 Å². The maximum absolute atomic E-state index is 11.8. The Morgan fingerprint density at radius 3 is 2.50 bits per heavy atom. The molecule has 1 rings (SSSR count). The van der Waals surface area contributed by atoms with Gasteiger partial charge in [0.15, 0.2) is 19.7 Å². The minimum absolute atomic E-state index is 0.161. The molecule has 0 radical (unpaired) electrons. The summed E-state index contributed by atoms with van der Waals surface area (Å²) in [5, 5.41) is 0. The third kappa shape index (κ3) is 2.76. The van der Waals surface area contributed by atoms with Crippen molar-refractivity contribution in [1.82, 2.24) is 0 Å². The van der Waals surface area contributed by atoms with Crippen LogP contribution in [0.25, 0.3) is 0 Å². The van der Waals surface area contributed by atoms with E-state index in [1.165, 1.54) is 13.2 Å². The van der Waals surface area contributed by atoms with Gasteiger partial charge >= 0.3 is 0 Å². The fourth-order valence-corrected chi connectivity index (χ4v) is 6.95. The Hall–Kier alpha value is -0.560. The van der Waals surface area contributed by atoms with Crippen molar-refractivity contribution in [2.24, 2.45) is 0 Å². The van der Waals surface area contributed by atoms with Crippen LogP contribution in [0.2, 0.25) is 0 Å². The van der Waals surface area contributed by atoms with Crippen LogP contribution in [0.5, 0.6) is 0 Å². The van der Waals surface area contributed by atoms with Crippen LogP contribution in [0.4, 0.5) is 0 Å². The van der Waals surface area contributed by atoms with E-state index < -0.39 is 24.4 Å². The normalized spacial score (nSPS) is 31.8. The van der Waals surface area contributed by atoms with Crippen molar-refractivity contribution in [1.29, 1.82) is 0 Å². The van der Waals surface area contributed by atoms with Gasteiger partial charge in [-0.3, -0.25) is 0 Å². The van der Waals surface area contributed by atoms with E-state index in [2.05, 4.69) is 6.58 Å². The molecule has 0 saturated carbocycles. The summed E-state index contributed by atoms with van der Waals surface area (Å²) in [6, 6.07) is 0. The highest BCUT2D eigenvalue weighted by molar-refractivity contribution is 7.99. The standard InChI is InChI=1S/C9H16O5S2/c1-3-14-5-4-9(2)8-15(10,11)6-7-16(9,12)13/h3H,1,4-8H2,2H3. The Labute approximate surface area is 96.3 Å². The van der Waals surface area contributed by atoms with Crippen LogP contribution < -0.4 is 0 Å². The summed E-state index contributed by atoms with van der Waals surface area (Å²) in [4.78, 5) is 0. The lowest BCUT2D eigenvalue weighted by molar-refractivity contribution is 0.234. The van der Waals surface area contributed by atoms with Gasteiger partial charge in [0.25, 0.3) is 0 Å². The first-order valence-electron chi connectivity index (χ1n) is 4.88. The summed E-state index contributed by atoms with van der Waals surface area (Å²) in [5.41, 5.74) is 0. The average Bonchev–Trinajstić information content (AvgIpc) is 2.13. The predicted octanol–water partition coefficient (Wildman–Crippen LogP) is 0.139. The molecular formula is C9H16O5S2. The molecular weight excluding hydrogens is 252 g/mol. The highest BCUT2D eigenvalue weighted by Crippen LogP contribution is 2.29. The van der Waals surface area contributed by atoms with Gasteiger partial charge in [0.05, 0.1) is 34.9 Å². The van der Waals surface area contributed by atoms with Crippen LogP contribution in [-0.2, 0) is 24.4 Å². The predicted molar refractivity (Wildman–Crippen MR) is 61.6 cm³/mol. The highest BCUT2D eigenvalue weighted by atomic mass is 32.2. The maximum Gasteiger partial charge on any atom is 0.157 e. The molecule has 0 aromatic rings. The molecule has 0 aromatic heterocycles. The third-order valence-corrected chi connectivity index (χ3v) is 7.74. The van der Waals surface area contributed by atoms with E-state index in [1.807, 2.05) is 0 Å². The van der Waals surface area contributed by atoms with E-state index in [9.17, 15) is 16.8 Å². The Bertz CT molecular complexity index is 462. The molecule has 7 heteroatoms. The monoisotopic (exact) mass is 268 g/mol. The van der Waals surface area contributed by atoms with Gasteiger partial charge in [-0.25, -0.2) is 16.8 Å². The number of hydrogen-bond donors (Lipinski definition) is 0. The van der Waals surface area contributed by atoms with Gasteiger partial charge in [0, 0.05) is 6.42 Å². The van der Waals surface area contributed by atoms with Gasteiger partial charge in [0.2, 0.25) is 0 Å². The quantitative estimate of drug-likeness (QED) is 0.535. The van der Waals surface area contributed by atoms with Crippen molar-refractivity contribution in [2.45, 2.75) is 18.1 Å². The largest absolute Gasteiger partial charge is 0.502 e. The summed E-state index contributed by atoms with van der Waals surface area (Å²) >= 11 is 0. The Morgan fingerprint density at radius 2 is 1.94 bits per heavy atom. The lowest BCUT2D eigenvalue weighted by atomic mass is 10.1. The molecule has 1 aliphatic heterocycles. The van der Waals surface area contributed by atoms with Crippen LogP contribution in [-0.4, -0.2) is 45.4 Å². The number of ether oxygens (including phenoxy) is 1. The minimum atomic E-state index is -3.37. The van der Waals surface area contributed by atoms with Crippen LogP contribution in [0, 0.1) is 0 Å². The van der Waals surface area contributed by atoms with Gasteiger partial charge in [0.1, 0.15) is 0 Å². The number of sulfone groups is 2. The fourth-order valence-electron chi connectivity index (χ4n) is 1.70. The third-order valence-electron chi connectivity index (χ3n) is 2.81. The lowest BCUT2D eigenvalue weighted by Crippen LogP contribution is -2.50. The Balaban J connectivity index is 2.91. The molecule has 0 N–H and O–H groups in total. The summed E-state index contributed by atoms with van der Waals surface area (Å²) in [6.07, 6.45) is 1.38. The molecule has 0 aromatic carbocycles. The van der Waals surface area contributed by atoms with Crippen LogP contribution >= 0.6 is 0 Å². The van der Waals surface area contributed by atoms with Gasteiger partial charge in [-0.2, -0.15) is 0 Å². The topological polar surface area (TPSA) is 77.5 Å². The van der Waals surface area contributed by atoms with Crippen LogP contribution in [0.15, 0.2) is 12.8 Å². The molecule has 1 atom stereocenters. The first-order valence-corrected chi connectivity index (χ1v) is 8.35. The summed E-state index contributed by atoms with van der Waals surface area (Å²) in [7, 11) is -6.63. The molecule has 94 valence electrons. The molecule has 16 heavy (non-hydrogen) atoms. The maximum atomic E-state index is 11.8. The zero-order valence-corrected chi connectivity index (χ0v) is 10.8. The van der Waals surface area contributed by atoms with E-state index in [4.69, 9.17) is 4.74 Å². The molecule has 1 aliphatic rings. The summed E-state index contributed by atoms with van der Waals surface area (Å²) in [5.74, 6) is -0.879. The molecule has 1 fully saturated rings. The molecule has 0 bridgehead atoms. The van der Waals surface area contributed by atoms with E-state index in [1.54, 1.807) is 0 Å². The molecule has 5 nitrogen and oxygen atoms in total. The van der Waals surface area contributed by atoms with Crippen LogP contribution in [0.1, 0.15) is 13.3 Å². The van der Waals surface area contributed by atoms with Crippen LogP contribution in [0.3, 0.4) is 0 Å². The van der Waals surface area contributed by atoms with E-state index in [0.29, 0.717) is 0 Å². The lowest BCUT2D eigenvalue weighted by Gasteiger charge is -2.32. The molecule has 1 unspecified atom stereocenters. The molecule has 1 heterocycles. The Morgan fingerprint density at radius 1 is 1.31 bits per heavy atom. The van der Waals surface area contributed by atoms with E-state index >= 15 is 0 Å². The Kier molecular flexibility index (Phi) is 3.69. The second kappa shape index (κ2) is 4.37. The summed E-state index contributed by atoms with van der Waals surface area (Å²) in [6.45, 7) is 4.97. The van der Waals surface area contributed by atoms with E-state index in [-0.39, 0.29) is 30.3 Å². The highest BCUT2D eigenvalue weighted by Gasteiger charge is 2.46. The van der Waals surface area contributed by atoms with Crippen molar-refractivity contribution in [3.8, 4) is 0 Å². The van der Waals surface area contributed by atoms with Gasteiger partial charge < -0.3 is 4.74 Å². The fraction of sp³-hybridized carbons (Fsp3) is 0.778. The first-order chi connectivity index (χ1) is 7.22. The number of hydrogen-bond acceptors (Lipinski definition) is 5. The van der Waals surface area contributed by atoms with Gasteiger partial charge in [-0.1, -0.05) is 6.58 Å². The zero-order chi connectivity index (χ0) is 12.4. The van der Waals surface area contributed by atoms with Gasteiger partial charge in [-0.05, 0) is 6.92 Å². The summed E-state index contributed by atoms with van der Waals surface area (Å²) < 4.78 is 50.2. The second-order valence-electron chi connectivity index (χ2n) is 4.15. The van der Waals surface area contributed by atoms with Crippen molar-refractivity contribution < 1.29 is 21.6 Å². The average molecular weight is 268 g/mol. The van der Waals surface area contributed by atoms with Crippen molar-refractivity contribution in [3.05, 3.63) is 12.8 Å². The molecule has 0 aliphatic carbocycles.